The van der Waals surface area contributed by atoms with Gasteiger partial charge in [0.15, 0.2) is 23.1 Å². The first kappa shape index (κ1) is 19.5. The lowest BCUT2D eigenvalue weighted by atomic mass is 10.3. The number of nitrogens with zero attached hydrogens (tertiary/aromatic N) is 2. The van der Waals surface area contributed by atoms with Gasteiger partial charge < -0.3 is 14.5 Å². The Morgan fingerprint density at radius 2 is 1.89 bits per heavy atom. The van der Waals surface area contributed by atoms with Crippen molar-refractivity contribution in [2.24, 2.45) is 0 Å². The molecule has 6 nitrogen and oxygen atoms in total. The highest BCUT2D eigenvalue weighted by Crippen LogP contribution is 2.27. The molecule has 28 heavy (non-hydrogen) atoms. The first-order chi connectivity index (χ1) is 13.3. The predicted molar refractivity (Wildman–Crippen MR) is 89.9 cm³/mol. The molecule has 1 aromatic carbocycles. The van der Waals surface area contributed by atoms with E-state index in [-0.39, 0.29) is 17.6 Å². The number of anilines is 1. The lowest BCUT2D eigenvalue weighted by molar-refractivity contribution is 0.0992. The molecule has 2 aromatic heterocycles. The van der Waals surface area contributed by atoms with Gasteiger partial charge in [0.2, 0.25) is 11.6 Å². The maximum atomic E-state index is 13.6. The fourth-order valence-corrected chi connectivity index (χ4v) is 2.47. The van der Waals surface area contributed by atoms with Gasteiger partial charge in [-0.3, -0.25) is 9.48 Å². The topological polar surface area (TPSA) is 69.3 Å². The van der Waals surface area contributed by atoms with E-state index in [9.17, 15) is 22.4 Å². The van der Waals surface area contributed by atoms with Gasteiger partial charge in [-0.15, -0.1) is 0 Å². The number of nitrogens with one attached hydrogen (secondary N) is 1. The first-order valence-electron chi connectivity index (χ1n) is 8.20. The third-order valence-electron chi connectivity index (χ3n) is 3.97. The van der Waals surface area contributed by atoms with Crippen molar-refractivity contribution < 1.29 is 31.5 Å². The second-order valence-electron chi connectivity index (χ2n) is 5.77. The number of aryl methyl sites for hydroxylation is 1. The van der Waals surface area contributed by atoms with Crippen LogP contribution in [-0.2, 0) is 13.2 Å². The van der Waals surface area contributed by atoms with E-state index < -0.39 is 41.5 Å². The van der Waals surface area contributed by atoms with Crippen LogP contribution in [0.3, 0.4) is 0 Å². The van der Waals surface area contributed by atoms with E-state index in [1.165, 1.54) is 18.3 Å². The SMILES string of the molecule is CCn1ncc(NC(=O)c2ccc(COc3c(F)c(F)cc(F)c3F)o2)c1C. The molecule has 0 saturated carbocycles. The molecule has 0 unspecified atom stereocenters. The summed E-state index contributed by atoms with van der Waals surface area (Å²) in [6.07, 6.45) is 1.49. The number of hydrogen-bond acceptors (Lipinski definition) is 4. The van der Waals surface area contributed by atoms with Crippen molar-refractivity contribution in [1.29, 1.82) is 0 Å². The number of hydrogen-bond donors (Lipinski definition) is 1. The molecule has 0 aliphatic carbocycles. The summed E-state index contributed by atoms with van der Waals surface area (Å²) in [6, 6.07) is 2.74. The molecule has 2 heterocycles. The van der Waals surface area contributed by atoms with E-state index in [2.05, 4.69) is 10.4 Å². The second-order valence-corrected chi connectivity index (χ2v) is 5.77. The summed E-state index contributed by atoms with van der Waals surface area (Å²) in [5, 5.41) is 6.72. The normalized spacial score (nSPS) is 10.9. The quantitative estimate of drug-likeness (QED) is 0.500. The van der Waals surface area contributed by atoms with E-state index in [1.807, 2.05) is 6.92 Å². The highest BCUT2D eigenvalue weighted by molar-refractivity contribution is 6.02. The molecule has 1 N–H and O–H groups in total. The van der Waals surface area contributed by atoms with E-state index in [4.69, 9.17) is 9.15 Å². The second kappa shape index (κ2) is 7.75. The largest absolute Gasteiger partial charge is 0.479 e. The summed E-state index contributed by atoms with van der Waals surface area (Å²) >= 11 is 0. The third kappa shape index (κ3) is 3.71. The van der Waals surface area contributed by atoms with Crippen LogP contribution in [0.1, 0.15) is 28.9 Å². The van der Waals surface area contributed by atoms with Crippen LogP contribution in [0.5, 0.6) is 5.75 Å². The average molecular weight is 397 g/mol. The molecule has 0 fully saturated rings. The standard InChI is InChI=1S/C18H15F4N3O3/c1-3-25-9(2)13(7-23-25)24-18(26)14-5-4-10(28-14)8-27-17-15(21)11(19)6-12(20)16(17)22/h4-7H,3,8H2,1-2H3,(H,24,26). The molecule has 0 bridgehead atoms. The highest BCUT2D eigenvalue weighted by Gasteiger charge is 2.21. The summed E-state index contributed by atoms with van der Waals surface area (Å²) in [5.74, 6) is -8.34. The molecule has 0 radical (unpaired) electrons. The van der Waals surface area contributed by atoms with Gasteiger partial charge in [-0.1, -0.05) is 0 Å². The highest BCUT2D eigenvalue weighted by atomic mass is 19.2. The van der Waals surface area contributed by atoms with Gasteiger partial charge in [-0.25, -0.2) is 8.78 Å². The lowest BCUT2D eigenvalue weighted by Crippen LogP contribution is -2.11. The number of carbonyl (C=O) groups is 1. The molecule has 1 amide bonds. The lowest BCUT2D eigenvalue weighted by Gasteiger charge is -2.08. The fraction of sp³-hybridized carbons (Fsp3) is 0.222. The van der Waals surface area contributed by atoms with E-state index in [0.717, 1.165) is 5.69 Å². The molecule has 0 atom stereocenters. The fourth-order valence-electron chi connectivity index (χ4n) is 2.47. The predicted octanol–water partition coefficient (Wildman–Crippen LogP) is 4.19. The van der Waals surface area contributed by atoms with Crippen LogP contribution in [-0.4, -0.2) is 15.7 Å². The van der Waals surface area contributed by atoms with Gasteiger partial charge in [-0.2, -0.15) is 13.9 Å². The number of carbonyl (C=O) groups excluding carboxylic acids is 1. The molecular formula is C18H15F4N3O3. The van der Waals surface area contributed by atoms with Crippen LogP contribution in [0.15, 0.2) is 28.8 Å². The van der Waals surface area contributed by atoms with Crippen LogP contribution in [0.25, 0.3) is 0 Å². The first-order valence-corrected chi connectivity index (χ1v) is 8.20. The Balaban J connectivity index is 1.69. The van der Waals surface area contributed by atoms with E-state index >= 15 is 0 Å². The van der Waals surface area contributed by atoms with Crippen LogP contribution >= 0.6 is 0 Å². The van der Waals surface area contributed by atoms with E-state index in [1.54, 1.807) is 11.6 Å². The summed E-state index contributed by atoms with van der Waals surface area (Å²) < 4.78 is 65.3. The number of furan rings is 1. The van der Waals surface area contributed by atoms with Crippen LogP contribution in [0.2, 0.25) is 0 Å². The summed E-state index contributed by atoms with van der Waals surface area (Å²) in [6.45, 7) is 3.78. The number of halogens is 4. The van der Waals surface area contributed by atoms with Gasteiger partial charge in [0, 0.05) is 12.6 Å². The molecule has 3 aromatic rings. The van der Waals surface area contributed by atoms with Crippen molar-refractivity contribution >= 4 is 11.6 Å². The van der Waals surface area contributed by atoms with Crippen molar-refractivity contribution in [2.45, 2.75) is 27.0 Å². The van der Waals surface area contributed by atoms with Crippen molar-refractivity contribution in [1.82, 2.24) is 9.78 Å². The maximum Gasteiger partial charge on any atom is 0.291 e. The van der Waals surface area contributed by atoms with Crippen LogP contribution < -0.4 is 10.1 Å². The van der Waals surface area contributed by atoms with Crippen molar-refractivity contribution in [3.05, 3.63) is 64.9 Å². The number of ether oxygens (including phenoxy) is 1. The number of rotatable bonds is 6. The van der Waals surface area contributed by atoms with E-state index in [0.29, 0.717) is 12.2 Å². The smallest absolute Gasteiger partial charge is 0.291 e. The Kier molecular flexibility index (Phi) is 5.39. The van der Waals surface area contributed by atoms with Crippen LogP contribution in [0, 0.1) is 30.2 Å². The summed E-state index contributed by atoms with van der Waals surface area (Å²) in [4.78, 5) is 12.2. The third-order valence-corrected chi connectivity index (χ3v) is 3.97. The molecular weight excluding hydrogens is 382 g/mol. The van der Waals surface area contributed by atoms with Crippen molar-refractivity contribution in [3.8, 4) is 5.75 Å². The Labute approximate surface area is 156 Å². The minimum Gasteiger partial charge on any atom is -0.479 e. The average Bonchev–Trinajstić information content (AvgIpc) is 3.27. The molecule has 148 valence electrons. The molecule has 0 aliphatic heterocycles. The minimum absolute atomic E-state index is 0.0228. The minimum atomic E-state index is -1.66. The van der Waals surface area contributed by atoms with Crippen molar-refractivity contribution in [3.63, 3.8) is 0 Å². The summed E-state index contributed by atoms with van der Waals surface area (Å²) in [7, 11) is 0. The molecule has 0 spiro atoms. The molecule has 3 rings (SSSR count). The maximum absolute atomic E-state index is 13.6. The van der Waals surface area contributed by atoms with Crippen molar-refractivity contribution in [2.75, 3.05) is 5.32 Å². The number of amides is 1. The number of benzene rings is 1. The molecule has 0 saturated heterocycles. The summed E-state index contributed by atoms with van der Waals surface area (Å²) in [5.41, 5.74) is 1.26. The molecule has 0 aliphatic rings. The van der Waals surface area contributed by atoms with Gasteiger partial charge in [-0.05, 0) is 26.0 Å². The number of aromatic nitrogens is 2. The van der Waals surface area contributed by atoms with Gasteiger partial charge in [0.05, 0.1) is 17.6 Å². The Morgan fingerprint density at radius 3 is 2.50 bits per heavy atom. The zero-order valence-electron chi connectivity index (χ0n) is 14.9. The van der Waals surface area contributed by atoms with Gasteiger partial charge in [0.25, 0.3) is 5.91 Å². The zero-order valence-corrected chi connectivity index (χ0v) is 14.9. The Morgan fingerprint density at radius 1 is 1.21 bits per heavy atom. The van der Waals surface area contributed by atoms with Crippen LogP contribution in [0.4, 0.5) is 23.2 Å². The zero-order chi connectivity index (χ0) is 20.4. The monoisotopic (exact) mass is 397 g/mol. The van der Waals surface area contributed by atoms with Gasteiger partial charge >= 0.3 is 0 Å². The Bertz CT molecular complexity index is 1000. The van der Waals surface area contributed by atoms with Gasteiger partial charge in [0.1, 0.15) is 12.4 Å². The Hall–Kier alpha value is -3.30. The molecule has 10 heteroatoms.